The number of fused-ring (bicyclic) bond motifs is 7. The molecule has 0 bridgehead atoms. The van der Waals surface area contributed by atoms with Crippen molar-refractivity contribution < 1.29 is 4.74 Å². The van der Waals surface area contributed by atoms with E-state index in [1.54, 1.807) is 5.57 Å². The van der Waals surface area contributed by atoms with Gasteiger partial charge in [-0.05, 0) is 98.2 Å². The number of hydrogen-bond acceptors (Lipinski definition) is 3. The summed E-state index contributed by atoms with van der Waals surface area (Å²) in [6, 6.07) is 0.400. The lowest BCUT2D eigenvalue weighted by Crippen LogP contribution is -2.57. The molecule has 0 aromatic heterocycles. The molecule has 0 amide bonds. The number of piperidine rings is 1. The lowest BCUT2D eigenvalue weighted by atomic mass is 9.46. The molecule has 3 heteroatoms. The lowest BCUT2D eigenvalue weighted by molar-refractivity contribution is -0.115. The third-order valence-corrected chi connectivity index (χ3v) is 11.6. The van der Waals surface area contributed by atoms with Crippen LogP contribution >= 0.6 is 0 Å². The summed E-state index contributed by atoms with van der Waals surface area (Å²) in [6.07, 6.45) is 14.8. The Bertz CT molecular complexity index is 739. The molecule has 0 aromatic carbocycles. The van der Waals surface area contributed by atoms with Gasteiger partial charge in [0.2, 0.25) is 0 Å². The van der Waals surface area contributed by atoms with Crippen LogP contribution in [-0.2, 0) is 4.74 Å². The van der Waals surface area contributed by atoms with Gasteiger partial charge in [0.25, 0.3) is 0 Å². The quantitative estimate of drug-likeness (QED) is 0.534. The van der Waals surface area contributed by atoms with Gasteiger partial charge in [-0.15, -0.1) is 0 Å². The summed E-state index contributed by atoms with van der Waals surface area (Å²) in [6.45, 7) is 11.3. The van der Waals surface area contributed by atoms with Gasteiger partial charge in [-0.1, -0.05) is 39.3 Å². The molecule has 2 heterocycles. The molecule has 11 atom stereocenters. The van der Waals surface area contributed by atoms with Crippen LogP contribution < -0.4 is 11.1 Å². The SMILES string of the molecule is C[C@@H]1CC[C@@]2(NC1)O[C@H]1C[C@H]3[C@@H]4CC=C5C[C@@H](N)CC[C@]5(C)[C@H]4CC[C@]3(C)[C@H]1[C@@H]2C. The maximum Gasteiger partial charge on any atom is 0.122 e. The highest BCUT2D eigenvalue weighted by Crippen LogP contribution is 2.70. The van der Waals surface area contributed by atoms with E-state index in [9.17, 15) is 0 Å². The number of nitrogens with one attached hydrogen (secondary N) is 1. The molecule has 1 spiro atoms. The smallest absolute Gasteiger partial charge is 0.122 e. The van der Waals surface area contributed by atoms with Crippen molar-refractivity contribution in [2.24, 2.45) is 52.1 Å². The first kappa shape index (κ1) is 20.2. The Balaban J connectivity index is 1.28. The maximum absolute atomic E-state index is 7.01. The molecule has 0 unspecified atom stereocenters. The molecule has 30 heavy (non-hydrogen) atoms. The van der Waals surface area contributed by atoms with Gasteiger partial charge in [-0.3, -0.25) is 5.32 Å². The third kappa shape index (κ3) is 2.55. The zero-order chi connectivity index (χ0) is 20.9. The van der Waals surface area contributed by atoms with Crippen molar-refractivity contribution in [3.63, 3.8) is 0 Å². The van der Waals surface area contributed by atoms with Gasteiger partial charge in [0.05, 0.1) is 6.10 Å². The summed E-state index contributed by atoms with van der Waals surface area (Å²) >= 11 is 0. The Hall–Kier alpha value is -0.380. The van der Waals surface area contributed by atoms with E-state index in [1.807, 2.05) is 0 Å². The van der Waals surface area contributed by atoms with Crippen LogP contribution in [0.15, 0.2) is 11.6 Å². The van der Waals surface area contributed by atoms with Crippen molar-refractivity contribution in [2.75, 3.05) is 6.54 Å². The summed E-state index contributed by atoms with van der Waals surface area (Å²) in [5.41, 5.74) is 8.94. The predicted octanol–water partition coefficient (Wildman–Crippen LogP) is 5.25. The van der Waals surface area contributed by atoms with Gasteiger partial charge in [0, 0.05) is 18.5 Å². The van der Waals surface area contributed by atoms with Crippen molar-refractivity contribution in [3.05, 3.63) is 11.6 Å². The van der Waals surface area contributed by atoms with Crippen molar-refractivity contribution in [2.45, 2.75) is 103 Å². The minimum Gasteiger partial charge on any atom is -0.357 e. The normalized spacial score (nSPS) is 59.8. The topological polar surface area (TPSA) is 47.3 Å². The molecule has 6 aliphatic rings. The number of allylic oxidation sites excluding steroid dienone is 1. The summed E-state index contributed by atoms with van der Waals surface area (Å²) in [5.74, 6) is 4.75. The van der Waals surface area contributed by atoms with E-state index in [0.29, 0.717) is 28.9 Å². The van der Waals surface area contributed by atoms with E-state index in [4.69, 9.17) is 10.5 Å². The van der Waals surface area contributed by atoms with Crippen LogP contribution in [0.25, 0.3) is 0 Å². The minimum atomic E-state index is -0.0300. The molecule has 2 saturated heterocycles. The zero-order valence-corrected chi connectivity index (χ0v) is 19.8. The molecule has 168 valence electrons. The van der Waals surface area contributed by atoms with Gasteiger partial charge in [-0.25, -0.2) is 0 Å². The van der Waals surface area contributed by atoms with Gasteiger partial charge in [0.1, 0.15) is 5.72 Å². The van der Waals surface area contributed by atoms with Crippen LogP contribution in [0.5, 0.6) is 0 Å². The van der Waals surface area contributed by atoms with E-state index in [-0.39, 0.29) is 5.72 Å². The Morgan fingerprint density at radius 2 is 1.90 bits per heavy atom. The number of rotatable bonds is 0. The molecule has 3 N–H and O–H groups in total. The fourth-order valence-electron chi connectivity index (χ4n) is 9.89. The lowest BCUT2D eigenvalue weighted by Gasteiger charge is -2.58. The average Bonchev–Trinajstić information content (AvgIpc) is 3.16. The van der Waals surface area contributed by atoms with E-state index in [2.05, 4.69) is 39.1 Å². The fraction of sp³-hybridized carbons (Fsp3) is 0.926. The monoisotopic (exact) mass is 412 g/mol. The number of ether oxygens (including phenoxy) is 1. The number of nitrogens with two attached hydrogens (primary N) is 1. The maximum atomic E-state index is 7.01. The zero-order valence-electron chi connectivity index (χ0n) is 19.8. The minimum absolute atomic E-state index is 0.0300. The van der Waals surface area contributed by atoms with Crippen LogP contribution in [0.1, 0.15) is 85.5 Å². The molecular formula is C27H44N2O. The highest BCUT2D eigenvalue weighted by Gasteiger charge is 2.68. The Morgan fingerprint density at radius 3 is 2.67 bits per heavy atom. The molecular weight excluding hydrogens is 368 g/mol. The van der Waals surface area contributed by atoms with E-state index >= 15 is 0 Å². The fourth-order valence-corrected chi connectivity index (χ4v) is 9.89. The molecule has 4 aliphatic carbocycles. The van der Waals surface area contributed by atoms with Crippen molar-refractivity contribution >= 4 is 0 Å². The first-order chi connectivity index (χ1) is 14.3. The largest absolute Gasteiger partial charge is 0.357 e. The van der Waals surface area contributed by atoms with Gasteiger partial charge < -0.3 is 10.5 Å². The van der Waals surface area contributed by atoms with Crippen LogP contribution in [0.2, 0.25) is 0 Å². The van der Waals surface area contributed by atoms with E-state index in [1.165, 1.54) is 51.4 Å². The van der Waals surface area contributed by atoms with Crippen LogP contribution in [-0.4, -0.2) is 24.4 Å². The second kappa shape index (κ2) is 6.58. The highest BCUT2D eigenvalue weighted by atomic mass is 16.5. The van der Waals surface area contributed by atoms with Crippen molar-refractivity contribution in [1.82, 2.24) is 5.32 Å². The second-order valence-corrected chi connectivity index (χ2v) is 12.9. The third-order valence-electron chi connectivity index (χ3n) is 11.6. The van der Waals surface area contributed by atoms with Crippen LogP contribution in [0.3, 0.4) is 0 Å². The first-order valence-corrected chi connectivity index (χ1v) is 13.1. The molecule has 0 radical (unpaired) electrons. The summed E-state index contributed by atoms with van der Waals surface area (Å²) in [5, 5.41) is 3.90. The summed E-state index contributed by atoms with van der Waals surface area (Å²) < 4.78 is 7.01. The summed E-state index contributed by atoms with van der Waals surface area (Å²) in [4.78, 5) is 0. The van der Waals surface area contributed by atoms with Crippen molar-refractivity contribution in [1.29, 1.82) is 0 Å². The average molecular weight is 413 g/mol. The molecule has 3 nitrogen and oxygen atoms in total. The Kier molecular flexibility index (Phi) is 4.44. The van der Waals surface area contributed by atoms with Crippen LogP contribution in [0, 0.1) is 46.3 Å². The first-order valence-electron chi connectivity index (χ1n) is 13.1. The summed E-state index contributed by atoms with van der Waals surface area (Å²) in [7, 11) is 0. The van der Waals surface area contributed by atoms with Crippen molar-refractivity contribution in [3.8, 4) is 0 Å². The van der Waals surface area contributed by atoms with Gasteiger partial charge in [0.15, 0.2) is 0 Å². The predicted molar refractivity (Wildman–Crippen MR) is 122 cm³/mol. The van der Waals surface area contributed by atoms with E-state index in [0.717, 1.165) is 42.6 Å². The molecule has 2 aliphatic heterocycles. The standard InChI is InChI=1S/C27H44N2O/c1-16-7-12-27(29-15-16)17(2)24-23(30-27)14-22-20-6-5-18-13-19(28)8-10-25(18,3)21(20)9-11-26(22,24)4/h5,16-17,19-24,29H,6-15,28H2,1-4H3/t16-,17+,19+,20-,21+,22+,23+,24+,25+,26+,27-/m1/s1. The number of hydrogen-bond donors (Lipinski definition) is 2. The Labute approximate surface area is 184 Å². The van der Waals surface area contributed by atoms with Gasteiger partial charge in [-0.2, -0.15) is 0 Å². The molecule has 5 fully saturated rings. The van der Waals surface area contributed by atoms with E-state index < -0.39 is 0 Å². The Morgan fingerprint density at radius 1 is 1.07 bits per heavy atom. The molecule has 3 saturated carbocycles. The molecule has 6 rings (SSSR count). The second-order valence-electron chi connectivity index (χ2n) is 12.9. The molecule has 0 aromatic rings. The highest BCUT2D eigenvalue weighted by molar-refractivity contribution is 5.26. The van der Waals surface area contributed by atoms with Crippen LogP contribution in [0.4, 0.5) is 0 Å². The van der Waals surface area contributed by atoms with Gasteiger partial charge >= 0.3 is 0 Å².